The second kappa shape index (κ2) is 5.80. The van der Waals surface area contributed by atoms with Crippen LogP contribution in [0.4, 0.5) is 5.82 Å². The number of aromatic nitrogens is 1. The lowest BCUT2D eigenvalue weighted by Gasteiger charge is -2.04. The number of hydrogen-bond donors (Lipinski definition) is 1. The van der Waals surface area contributed by atoms with E-state index in [0.717, 1.165) is 13.0 Å². The number of anilines is 1. The summed E-state index contributed by atoms with van der Waals surface area (Å²) in [6, 6.07) is 3.28. The standard InChI is InChI=1S/C11H14N2O2/c1-3-4-6-12-10-8-9(5-7-13-10)11(14)15-2/h3,5,7-8H,1,4,6H2,2H3,(H,12,13). The third-order valence-corrected chi connectivity index (χ3v) is 1.84. The average molecular weight is 206 g/mol. The predicted octanol–water partition coefficient (Wildman–Crippen LogP) is 1.86. The summed E-state index contributed by atoms with van der Waals surface area (Å²) in [7, 11) is 1.35. The average Bonchev–Trinajstić information content (AvgIpc) is 2.29. The van der Waals surface area contributed by atoms with Gasteiger partial charge in [0.1, 0.15) is 5.82 Å². The molecule has 0 amide bonds. The zero-order valence-electron chi connectivity index (χ0n) is 8.69. The highest BCUT2D eigenvalue weighted by molar-refractivity contribution is 5.89. The summed E-state index contributed by atoms with van der Waals surface area (Å²) in [4.78, 5) is 15.3. The number of rotatable bonds is 5. The molecule has 4 heteroatoms. The van der Waals surface area contributed by atoms with Crippen LogP contribution in [0.3, 0.4) is 0 Å². The molecule has 0 aliphatic rings. The van der Waals surface area contributed by atoms with Crippen LogP contribution < -0.4 is 5.32 Å². The van der Waals surface area contributed by atoms with Gasteiger partial charge in [-0.15, -0.1) is 6.58 Å². The highest BCUT2D eigenvalue weighted by Crippen LogP contribution is 2.07. The van der Waals surface area contributed by atoms with Crippen molar-refractivity contribution < 1.29 is 9.53 Å². The molecule has 1 heterocycles. The normalized spacial score (nSPS) is 9.40. The van der Waals surface area contributed by atoms with Crippen molar-refractivity contribution in [2.24, 2.45) is 0 Å². The maximum Gasteiger partial charge on any atom is 0.338 e. The summed E-state index contributed by atoms with van der Waals surface area (Å²) < 4.78 is 4.61. The molecule has 0 aromatic carbocycles. The van der Waals surface area contributed by atoms with Crippen molar-refractivity contribution in [3.63, 3.8) is 0 Å². The van der Waals surface area contributed by atoms with Gasteiger partial charge in [0.15, 0.2) is 0 Å². The number of pyridine rings is 1. The van der Waals surface area contributed by atoms with Crippen molar-refractivity contribution in [3.05, 3.63) is 36.5 Å². The molecule has 0 aliphatic carbocycles. The third-order valence-electron chi connectivity index (χ3n) is 1.84. The molecular weight excluding hydrogens is 192 g/mol. The van der Waals surface area contributed by atoms with E-state index in [0.29, 0.717) is 11.4 Å². The number of nitrogens with one attached hydrogen (secondary N) is 1. The van der Waals surface area contributed by atoms with Crippen molar-refractivity contribution in [3.8, 4) is 0 Å². The van der Waals surface area contributed by atoms with E-state index >= 15 is 0 Å². The van der Waals surface area contributed by atoms with Gasteiger partial charge in [0, 0.05) is 12.7 Å². The SMILES string of the molecule is C=CCCNc1cc(C(=O)OC)ccn1. The van der Waals surface area contributed by atoms with Crippen LogP contribution >= 0.6 is 0 Å². The minimum absolute atomic E-state index is 0.357. The summed E-state index contributed by atoms with van der Waals surface area (Å²) in [5, 5.41) is 3.07. The Morgan fingerprint density at radius 3 is 3.20 bits per heavy atom. The molecule has 1 N–H and O–H groups in total. The molecule has 0 spiro atoms. The largest absolute Gasteiger partial charge is 0.465 e. The van der Waals surface area contributed by atoms with E-state index in [1.807, 2.05) is 6.08 Å². The Kier molecular flexibility index (Phi) is 4.34. The van der Waals surface area contributed by atoms with Crippen LogP contribution in [0.5, 0.6) is 0 Å². The maximum atomic E-state index is 11.2. The smallest absolute Gasteiger partial charge is 0.338 e. The van der Waals surface area contributed by atoms with E-state index in [2.05, 4.69) is 21.6 Å². The lowest BCUT2D eigenvalue weighted by molar-refractivity contribution is 0.0600. The van der Waals surface area contributed by atoms with E-state index in [4.69, 9.17) is 0 Å². The van der Waals surface area contributed by atoms with Crippen LogP contribution in [0.2, 0.25) is 0 Å². The van der Waals surface area contributed by atoms with E-state index in [9.17, 15) is 4.79 Å². The first-order chi connectivity index (χ1) is 7.27. The fraction of sp³-hybridized carbons (Fsp3) is 0.273. The van der Waals surface area contributed by atoms with Crippen molar-refractivity contribution in [1.29, 1.82) is 0 Å². The van der Waals surface area contributed by atoms with Gasteiger partial charge in [-0.2, -0.15) is 0 Å². The van der Waals surface area contributed by atoms with Crippen molar-refractivity contribution in [2.75, 3.05) is 19.0 Å². The number of esters is 1. The molecule has 80 valence electrons. The van der Waals surface area contributed by atoms with Gasteiger partial charge in [0.2, 0.25) is 0 Å². The Hall–Kier alpha value is -1.84. The highest BCUT2D eigenvalue weighted by Gasteiger charge is 2.05. The first-order valence-corrected chi connectivity index (χ1v) is 4.67. The van der Waals surface area contributed by atoms with E-state index < -0.39 is 0 Å². The molecule has 1 aromatic heterocycles. The topological polar surface area (TPSA) is 51.2 Å². The zero-order chi connectivity index (χ0) is 11.1. The molecule has 1 rings (SSSR count). The molecule has 0 unspecified atom stereocenters. The van der Waals surface area contributed by atoms with Gasteiger partial charge >= 0.3 is 5.97 Å². The van der Waals surface area contributed by atoms with E-state index in [-0.39, 0.29) is 5.97 Å². The second-order valence-electron chi connectivity index (χ2n) is 2.93. The number of nitrogens with zero attached hydrogens (tertiary/aromatic N) is 1. The lowest BCUT2D eigenvalue weighted by Crippen LogP contribution is -2.05. The quantitative estimate of drug-likeness (QED) is 0.454. The van der Waals surface area contributed by atoms with Gasteiger partial charge in [-0.1, -0.05) is 6.08 Å². The van der Waals surface area contributed by atoms with Gasteiger partial charge in [-0.25, -0.2) is 9.78 Å². The molecule has 0 bridgehead atoms. The number of ether oxygens (including phenoxy) is 1. The summed E-state index contributed by atoms with van der Waals surface area (Å²) in [6.07, 6.45) is 4.24. The number of carbonyl (C=O) groups is 1. The predicted molar refractivity (Wildman–Crippen MR) is 58.9 cm³/mol. The molecule has 1 aromatic rings. The molecule has 0 saturated heterocycles. The highest BCUT2D eigenvalue weighted by atomic mass is 16.5. The minimum atomic E-state index is -0.357. The fourth-order valence-corrected chi connectivity index (χ4v) is 1.07. The molecule has 4 nitrogen and oxygen atoms in total. The lowest BCUT2D eigenvalue weighted by atomic mass is 10.2. The van der Waals surface area contributed by atoms with E-state index in [1.165, 1.54) is 7.11 Å². The van der Waals surface area contributed by atoms with Crippen molar-refractivity contribution >= 4 is 11.8 Å². The summed E-state index contributed by atoms with van der Waals surface area (Å²) in [5.74, 6) is 0.309. The number of methoxy groups -OCH3 is 1. The Labute approximate surface area is 89.0 Å². The summed E-state index contributed by atoms with van der Waals surface area (Å²) in [6.45, 7) is 4.37. The fourth-order valence-electron chi connectivity index (χ4n) is 1.07. The number of hydrogen-bond acceptors (Lipinski definition) is 4. The van der Waals surface area contributed by atoms with Crippen LogP contribution in [-0.2, 0) is 4.74 Å². The molecule has 15 heavy (non-hydrogen) atoms. The molecule has 0 saturated carbocycles. The molecule has 0 aliphatic heterocycles. The van der Waals surface area contributed by atoms with Crippen LogP contribution in [-0.4, -0.2) is 24.6 Å². The molecule has 0 radical (unpaired) electrons. The van der Waals surface area contributed by atoms with Crippen LogP contribution in [0.1, 0.15) is 16.8 Å². The third kappa shape index (κ3) is 3.42. The molecule has 0 atom stereocenters. The Balaban J connectivity index is 2.65. The van der Waals surface area contributed by atoms with Gasteiger partial charge in [0.25, 0.3) is 0 Å². The molecular formula is C11H14N2O2. The summed E-state index contributed by atoms with van der Waals surface area (Å²) >= 11 is 0. The Morgan fingerprint density at radius 1 is 1.73 bits per heavy atom. The first kappa shape index (κ1) is 11.2. The van der Waals surface area contributed by atoms with Crippen molar-refractivity contribution in [1.82, 2.24) is 4.98 Å². The van der Waals surface area contributed by atoms with Crippen LogP contribution in [0, 0.1) is 0 Å². The summed E-state index contributed by atoms with van der Waals surface area (Å²) in [5.41, 5.74) is 0.494. The maximum absolute atomic E-state index is 11.2. The van der Waals surface area contributed by atoms with Gasteiger partial charge in [0.05, 0.1) is 12.7 Å². The van der Waals surface area contributed by atoms with Gasteiger partial charge in [-0.3, -0.25) is 0 Å². The van der Waals surface area contributed by atoms with Crippen LogP contribution in [0.25, 0.3) is 0 Å². The Morgan fingerprint density at radius 2 is 2.53 bits per heavy atom. The Bertz CT molecular complexity index is 350. The van der Waals surface area contributed by atoms with Gasteiger partial charge in [-0.05, 0) is 18.6 Å². The van der Waals surface area contributed by atoms with Crippen molar-refractivity contribution in [2.45, 2.75) is 6.42 Å². The zero-order valence-corrected chi connectivity index (χ0v) is 8.69. The number of carbonyl (C=O) groups excluding carboxylic acids is 1. The second-order valence-corrected chi connectivity index (χ2v) is 2.93. The van der Waals surface area contributed by atoms with Gasteiger partial charge < -0.3 is 10.1 Å². The minimum Gasteiger partial charge on any atom is -0.465 e. The monoisotopic (exact) mass is 206 g/mol. The van der Waals surface area contributed by atoms with Crippen LogP contribution in [0.15, 0.2) is 31.0 Å². The first-order valence-electron chi connectivity index (χ1n) is 4.67. The van der Waals surface area contributed by atoms with E-state index in [1.54, 1.807) is 18.3 Å². The molecule has 0 fully saturated rings.